The monoisotopic (exact) mass is 458 g/mol. The van der Waals surface area contributed by atoms with E-state index in [0.717, 1.165) is 31.2 Å². The topological polar surface area (TPSA) is 86.6 Å². The molecule has 4 rings (SSSR count). The van der Waals surface area contributed by atoms with Gasteiger partial charge < -0.3 is 9.47 Å². The Kier molecular flexibility index (Phi) is 6.66. The van der Waals surface area contributed by atoms with Gasteiger partial charge in [0.15, 0.2) is 0 Å². The van der Waals surface area contributed by atoms with Crippen molar-refractivity contribution < 1.29 is 18.1 Å². The first-order valence-electron chi connectivity index (χ1n) is 10.6. The van der Waals surface area contributed by atoms with Crippen molar-refractivity contribution in [3.8, 4) is 5.88 Å². The number of ether oxygens (including phenoxy) is 2. The van der Waals surface area contributed by atoms with Gasteiger partial charge in [-0.1, -0.05) is 6.07 Å². The van der Waals surface area contributed by atoms with Crippen LogP contribution in [0.3, 0.4) is 0 Å². The first-order valence-corrected chi connectivity index (χ1v) is 12.9. The lowest BCUT2D eigenvalue weighted by molar-refractivity contribution is 0.0312. The molecule has 2 aromatic heterocycles. The summed E-state index contributed by atoms with van der Waals surface area (Å²) in [5.74, 6) is 0.0496. The molecule has 9 heteroatoms. The molecule has 1 aliphatic carbocycles. The summed E-state index contributed by atoms with van der Waals surface area (Å²) in [6, 6.07) is 6.66. The maximum atomic E-state index is 15.0. The van der Waals surface area contributed by atoms with Crippen molar-refractivity contribution in [2.75, 3.05) is 19.6 Å². The summed E-state index contributed by atoms with van der Waals surface area (Å²) in [5, 5.41) is 0.320. The van der Waals surface area contributed by atoms with Crippen molar-refractivity contribution in [3.05, 3.63) is 53.9 Å². The highest BCUT2D eigenvalue weighted by molar-refractivity contribution is 7.92. The zero-order valence-corrected chi connectivity index (χ0v) is 19.3. The number of hydrogen-bond acceptors (Lipinski definition) is 7. The van der Waals surface area contributed by atoms with Crippen LogP contribution >= 0.6 is 0 Å². The second-order valence-corrected chi connectivity index (χ2v) is 10.9. The minimum absolute atomic E-state index is 0.0797. The maximum Gasteiger partial charge on any atom is 0.217 e. The third kappa shape index (κ3) is 5.39. The van der Waals surface area contributed by atoms with Crippen molar-refractivity contribution >= 4 is 26.3 Å². The van der Waals surface area contributed by atoms with Gasteiger partial charge >= 0.3 is 0 Å². The number of rotatable bonds is 6. The van der Waals surface area contributed by atoms with E-state index in [1.54, 1.807) is 19.4 Å². The largest absolute Gasteiger partial charge is 0.474 e. The van der Waals surface area contributed by atoms with E-state index in [2.05, 4.69) is 19.3 Å². The van der Waals surface area contributed by atoms with E-state index in [4.69, 9.17) is 9.47 Å². The van der Waals surface area contributed by atoms with Gasteiger partial charge in [0.2, 0.25) is 5.88 Å². The summed E-state index contributed by atoms with van der Waals surface area (Å²) in [6.45, 7) is 0. The molecular formula is C23H27FN4O3S. The van der Waals surface area contributed by atoms with Crippen molar-refractivity contribution in [2.45, 2.75) is 44.3 Å². The van der Waals surface area contributed by atoms with Crippen LogP contribution in [0.15, 0.2) is 41.2 Å². The number of methoxy groups -OCH3 is 1. The van der Waals surface area contributed by atoms with Gasteiger partial charge in [-0.05, 0) is 37.8 Å². The van der Waals surface area contributed by atoms with Crippen molar-refractivity contribution in [1.82, 2.24) is 15.0 Å². The van der Waals surface area contributed by atoms with Crippen LogP contribution in [0.2, 0.25) is 0 Å². The Morgan fingerprint density at radius 1 is 1.12 bits per heavy atom. The van der Waals surface area contributed by atoms with Crippen LogP contribution in [0.25, 0.3) is 10.9 Å². The van der Waals surface area contributed by atoms with Crippen LogP contribution in [0.5, 0.6) is 5.88 Å². The zero-order chi connectivity index (χ0) is 22.7. The number of hydrogen-bond donors (Lipinski definition) is 0. The molecule has 0 amide bonds. The average Bonchev–Trinajstić information content (AvgIpc) is 2.74. The lowest BCUT2D eigenvalue weighted by atomic mass is 9.95. The highest BCUT2D eigenvalue weighted by Crippen LogP contribution is 2.30. The van der Waals surface area contributed by atoms with E-state index in [1.165, 1.54) is 24.9 Å². The normalized spacial score (nSPS) is 19.1. The number of fused-ring (bicyclic) bond motifs is 1. The van der Waals surface area contributed by atoms with Crippen molar-refractivity contribution in [2.24, 2.45) is 4.36 Å². The van der Waals surface area contributed by atoms with E-state index in [1.807, 2.05) is 12.1 Å². The van der Waals surface area contributed by atoms with Crippen LogP contribution in [-0.4, -0.2) is 51.0 Å². The van der Waals surface area contributed by atoms with E-state index in [-0.39, 0.29) is 6.10 Å². The third-order valence-electron chi connectivity index (χ3n) is 5.52. The smallest absolute Gasteiger partial charge is 0.217 e. The molecular weight excluding hydrogens is 431 g/mol. The van der Waals surface area contributed by atoms with Crippen molar-refractivity contribution in [3.63, 3.8) is 0 Å². The van der Waals surface area contributed by atoms with E-state index in [9.17, 15) is 4.21 Å². The van der Waals surface area contributed by atoms with Gasteiger partial charge in [0.25, 0.3) is 0 Å². The molecule has 1 fully saturated rings. The molecule has 0 radical (unpaired) electrons. The number of halogens is 1. The molecule has 32 heavy (non-hydrogen) atoms. The highest BCUT2D eigenvalue weighted by atomic mass is 32.2. The summed E-state index contributed by atoms with van der Waals surface area (Å²) in [7, 11) is -0.670. The molecule has 0 saturated heterocycles. The summed E-state index contributed by atoms with van der Waals surface area (Å²) < 4.78 is 42.8. The molecule has 1 aliphatic rings. The van der Waals surface area contributed by atoms with Crippen LogP contribution in [0, 0.1) is 5.82 Å². The van der Waals surface area contributed by atoms with Gasteiger partial charge in [0.1, 0.15) is 18.2 Å². The number of pyridine rings is 1. The fourth-order valence-electron chi connectivity index (χ4n) is 4.02. The maximum absolute atomic E-state index is 15.0. The summed E-state index contributed by atoms with van der Waals surface area (Å²) in [5.41, 5.74) is 2.08. The molecule has 0 unspecified atom stereocenters. The molecule has 0 N–H and O–H groups in total. The first kappa shape index (κ1) is 22.5. The van der Waals surface area contributed by atoms with Gasteiger partial charge in [-0.2, -0.15) is 4.36 Å². The van der Waals surface area contributed by atoms with Gasteiger partial charge in [-0.25, -0.2) is 23.6 Å². The number of aromatic nitrogens is 3. The number of nitrogens with zero attached hydrogens (tertiary/aromatic N) is 4. The quantitative estimate of drug-likeness (QED) is 0.542. The Bertz CT molecular complexity index is 1230. The third-order valence-corrected chi connectivity index (χ3v) is 6.17. The Morgan fingerprint density at radius 3 is 2.59 bits per heavy atom. The molecule has 1 aromatic carbocycles. The lowest BCUT2D eigenvalue weighted by Gasteiger charge is -2.28. The molecule has 0 spiro atoms. The first-order chi connectivity index (χ1) is 15.3. The molecule has 0 atom stereocenters. The number of benzene rings is 1. The van der Waals surface area contributed by atoms with Crippen LogP contribution in [0.1, 0.15) is 36.9 Å². The molecule has 2 heterocycles. The molecule has 0 bridgehead atoms. The minimum atomic E-state index is -2.41. The Labute approximate surface area is 187 Å². The summed E-state index contributed by atoms with van der Waals surface area (Å²) in [6.07, 6.45) is 10.6. The van der Waals surface area contributed by atoms with E-state index in [0.29, 0.717) is 40.7 Å². The molecule has 3 aromatic rings. The van der Waals surface area contributed by atoms with Crippen LogP contribution in [0.4, 0.5) is 10.1 Å². The second kappa shape index (κ2) is 9.46. The lowest BCUT2D eigenvalue weighted by Crippen LogP contribution is -2.28. The van der Waals surface area contributed by atoms with Crippen LogP contribution < -0.4 is 4.74 Å². The predicted molar refractivity (Wildman–Crippen MR) is 122 cm³/mol. The summed E-state index contributed by atoms with van der Waals surface area (Å²) >= 11 is 0. The van der Waals surface area contributed by atoms with Gasteiger partial charge in [-0.15, -0.1) is 0 Å². The molecule has 170 valence electrons. The van der Waals surface area contributed by atoms with Gasteiger partial charge in [0.05, 0.1) is 28.4 Å². The molecule has 0 aliphatic heterocycles. The van der Waals surface area contributed by atoms with Crippen molar-refractivity contribution in [1.29, 1.82) is 0 Å². The zero-order valence-electron chi connectivity index (χ0n) is 18.5. The Balaban J connectivity index is 1.62. The fraction of sp³-hybridized carbons (Fsp3) is 0.435. The van der Waals surface area contributed by atoms with Crippen LogP contribution in [-0.2, 0) is 20.9 Å². The van der Waals surface area contributed by atoms with E-state index >= 15 is 4.39 Å². The van der Waals surface area contributed by atoms with E-state index < -0.39 is 15.5 Å². The second-order valence-electron chi connectivity index (χ2n) is 8.31. The summed E-state index contributed by atoms with van der Waals surface area (Å²) in [4.78, 5) is 13.0. The predicted octanol–water partition coefficient (Wildman–Crippen LogP) is 4.45. The highest BCUT2D eigenvalue weighted by Gasteiger charge is 2.23. The van der Waals surface area contributed by atoms with Gasteiger partial charge in [-0.3, -0.25) is 0 Å². The Morgan fingerprint density at radius 2 is 1.88 bits per heavy atom. The minimum Gasteiger partial charge on any atom is -0.474 e. The average molecular weight is 459 g/mol. The molecule has 1 saturated carbocycles. The van der Waals surface area contributed by atoms with Gasteiger partial charge in [0, 0.05) is 53.6 Å². The fourth-order valence-corrected chi connectivity index (χ4v) is 4.63. The molecule has 7 nitrogen and oxygen atoms in total. The Hall–Kier alpha value is -2.65. The SMILES string of the molecule is COC1CCC(Oc2ncccc2Cc2ncnc3cc(N=S(C)(C)=O)cc(F)c23)CC1. The standard InChI is InChI=1S/C23H27FN4O3S/c1-30-17-6-8-18(9-7-17)31-23-15(5-4-10-25-23)11-20-22-19(24)12-16(28-32(2,3)29)13-21(22)27-14-26-20/h4-5,10,12-14,17-18H,6-9,11H2,1-3H3.